The zero-order chi connectivity index (χ0) is 42.1. The highest BCUT2D eigenvalue weighted by Crippen LogP contribution is 2.25. The molecule has 0 radical (unpaired) electrons. The first-order valence-corrected chi connectivity index (χ1v) is 22.8. The fourth-order valence-electron chi connectivity index (χ4n) is 8.87. The van der Waals surface area contributed by atoms with Crippen LogP contribution < -0.4 is 10.6 Å². The van der Waals surface area contributed by atoms with Gasteiger partial charge in [0, 0.05) is 70.0 Å². The van der Waals surface area contributed by atoms with E-state index in [-0.39, 0.29) is 28.9 Å². The summed E-state index contributed by atoms with van der Waals surface area (Å²) in [5.74, 6) is 0.0136. The molecule has 0 saturated carbocycles. The van der Waals surface area contributed by atoms with E-state index < -0.39 is 16.2 Å². The summed E-state index contributed by atoms with van der Waals surface area (Å²) in [5.41, 5.74) is 6.69. The first-order chi connectivity index (χ1) is 28.3. The van der Waals surface area contributed by atoms with E-state index in [0.29, 0.717) is 58.0 Å². The van der Waals surface area contributed by atoms with Crippen molar-refractivity contribution in [3.05, 3.63) is 94.5 Å². The van der Waals surface area contributed by atoms with Crippen molar-refractivity contribution in [3.8, 4) is 0 Å². The van der Waals surface area contributed by atoms with Crippen LogP contribution in [0, 0.1) is 6.92 Å². The Morgan fingerprint density at radius 3 is 2.08 bits per heavy atom. The van der Waals surface area contributed by atoms with E-state index in [0.717, 1.165) is 67.8 Å². The minimum Gasteiger partial charge on any atom is -0.744 e. The Morgan fingerprint density at radius 1 is 0.797 bits per heavy atom. The molecule has 5 amide bonds. The number of hydrogen-bond acceptors (Lipinski definition) is 8. The van der Waals surface area contributed by atoms with Crippen LogP contribution in [0.4, 0.5) is 15.3 Å². The van der Waals surface area contributed by atoms with Crippen LogP contribution in [0.5, 0.6) is 0 Å². The van der Waals surface area contributed by atoms with Crippen LogP contribution in [-0.2, 0) is 40.6 Å². The molecule has 7 rings (SSSR count). The van der Waals surface area contributed by atoms with Crippen molar-refractivity contribution in [2.45, 2.75) is 95.2 Å². The lowest BCUT2D eigenvalue weighted by Gasteiger charge is -2.43. The molecule has 0 spiro atoms. The highest BCUT2D eigenvalue weighted by Gasteiger charge is 2.35. The van der Waals surface area contributed by atoms with Crippen LogP contribution in [0.25, 0.3) is 0 Å². The predicted molar refractivity (Wildman–Crippen MR) is 230 cm³/mol. The summed E-state index contributed by atoms with van der Waals surface area (Å²) in [6, 6.07) is 20.1. The van der Waals surface area contributed by atoms with Crippen molar-refractivity contribution >= 4 is 33.8 Å². The lowest BCUT2D eigenvalue weighted by molar-refractivity contribution is -0.135. The molecule has 3 aromatic carbocycles. The molecular weight excluding hydrogens is 767 g/mol. The molecule has 3 saturated heterocycles. The second kappa shape index (κ2) is 20.2. The van der Waals surface area contributed by atoms with Gasteiger partial charge in [-0.15, -0.1) is 0 Å². The maximum Gasteiger partial charge on any atom is 0.322 e. The molecule has 0 aromatic heterocycles. The predicted octanol–water partition coefficient (Wildman–Crippen LogP) is 5.12. The maximum atomic E-state index is 14.2. The SMILES string of the molecule is CCc1ccc(C[C@@H](NC(=O)N2CCC(N3CCc4ccccc4NC3=O)CC2)C(=O)N2CCN(C3CCN(C)CC3)CC2)cc1CC.Cc1ccc(S(=O)(=O)[O-])cc1. The number of hydrogen-bond donors (Lipinski definition) is 2. The van der Waals surface area contributed by atoms with Crippen molar-refractivity contribution in [1.82, 2.24) is 29.8 Å². The number of carbonyl (C=O) groups is 3. The number of para-hydroxylation sites is 1. The molecule has 4 aliphatic rings. The third kappa shape index (κ3) is 11.6. The van der Waals surface area contributed by atoms with Gasteiger partial charge in [-0.1, -0.05) is 67.9 Å². The molecule has 0 aliphatic carbocycles. The second-order valence-corrected chi connectivity index (χ2v) is 17.8. The Balaban J connectivity index is 0.000000461. The van der Waals surface area contributed by atoms with E-state index in [9.17, 15) is 27.4 Å². The number of carbonyl (C=O) groups excluding carboxylic acids is 3. The molecule has 4 heterocycles. The highest BCUT2D eigenvalue weighted by atomic mass is 32.2. The first-order valence-electron chi connectivity index (χ1n) is 21.4. The number of amides is 5. The average molecular weight is 829 g/mol. The Morgan fingerprint density at radius 2 is 1.44 bits per heavy atom. The van der Waals surface area contributed by atoms with E-state index in [1.807, 2.05) is 39.8 Å². The van der Waals surface area contributed by atoms with Gasteiger partial charge in [-0.25, -0.2) is 18.0 Å². The summed E-state index contributed by atoms with van der Waals surface area (Å²) in [6.45, 7) is 13.3. The summed E-state index contributed by atoms with van der Waals surface area (Å²) in [6.07, 6.45) is 7.00. The molecular formula is C45H62N7O6S-. The quantitative estimate of drug-likeness (QED) is 0.283. The van der Waals surface area contributed by atoms with Crippen LogP contribution in [0.1, 0.15) is 67.3 Å². The molecule has 320 valence electrons. The van der Waals surface area contributed by atoms with Gasteiger partial charge in [0.2, 0.25) is 5.91 Å². The minimum atomic E-state index is -4.27. The minimum absolute atomic E-state index is 0.0136. The van der Waals surface area contributed by atoms with E-state index in [2.05, 4.69) is 65.6 Å². The summed E-state index contributed by atoms with van der Waals surface area (Å²) in [4.78, 5) is 51.6. The number of anilines is 1. The van der Waals surface area contributed by atoms with Gasteiger partial charge < -0.3 is 34.8 Å². The molecule has 14 heteroatoms. The van der Waals surface area contributed by atoms with Gasteiger partial charge in [0.05, 0.1) is 4.90 Å². The van der Waals surface area contributed by atoms with E-state index in [1.165, 1.54) is 36.1 Å². The number of rotatable bonds is 9. The zero-order valence-electron chi connectivity index (χ0n) is 35.2. The monoisotopic (exact) mass is 828 g/mol. The number of aryl methyl sites for hydroxylation is 3. The Kier molecular flexibility index (Phi) is 15.1. The summed E-state index contributed by atoms with van der Waals surface area (Å²) in [5, 5.41) is 6.27. The molecule has 2 N–H and O–H groups in total. The number of piperidine rings is 2. The number of nitrogens with one attached hydrogen (secondary N) is 2. The van der Waals surface area contributed by atoms with E-state index >= 15 is 0 Å². The number of nitrogens with zero attached hydrogens (tertiary/aromatic N) is 5. The van der Waals surface area contributed by atoms with Gasteiger partial charge in [-0.05, 0) is 112 Å². The molecule has 59 heavy (non-hydrogen) atoms. The first kappa shape index (κ1) is 44.1. The second-order valence-electron chi connectivity index (χ2n) is 16.4. The van der Waals surface area contributed by atoms with Crippen molar-refractivity contribution in [2.75, 3.05) is 71.3 Å². The van der Waals surface area contributed by atoms with Crippen LogP contribution in [0.15, 0.2) is 71.6 Å². The third-order valence-corrected chi connectivity index (χ3v) is 13.4. The van der Waals surface area contributed by atoms with Crippen LogP contribution in [0.3, 0.4) is 0 Å². The standard InChI is InChI=1S/C38H55N7O3.C7H8O3S/c1-4-29-11-10-28(26-30(29)5-2)27-35(36(46)43-24-22-42(23-25-43)32-13-17-41(3)18-14-32)40-37(47)44-19-15-33(16-20-44)45-21-12-31-8-6-7-9-34(31)39-38(45)48;1-6-2-4-7(5-3-6)11(8,9)10/h6-11,26,32-33,35H,4-5,12-25,27H2,1-3H3,(H,39,48)(H,40,47);2-5H,1H3,(H,8,9,10)/p-1/t35-;/m1./s1. The van der Waals surface area contributed by atoms with Crippen molar-refractivity contribution in [1.29, 1.82) is 0 Å². The van der Waals surface area contributed by atoms with Gasteiger partial charge in [0.25, 0.3) is 0 Å². The fraction of sp³-hybridized carbons (Fsp3) is 0.533. The number of urea groups is 2. The molecule has 0 bridgehead atoms. The van der Waals surface area contributed by atoms with E-state index in [1.54, 1.807) is 12.1 Å². The molecule has 1 atom stereocenters. The van der Waals surface area contributed by atoms with Crippen molar-refractivity contribution < 1.29 is 27.4 Å². The van der Waals surface area contributed by atoms with E-state index in [4.69, 9.17) is 0 Å². The molecule has 3 aromatic rings. The smallest absolute Gasteiger partial charge is 0.322 e. The number of likely N-dealkylation sites (tertiary alicyclic amines) is 2. The highest BCUT2D eigenvalue weighted by molar-refractivity contribution is 7.85. The molecule has 0 unspecified atom stereocenters. The maximum absolute atomic E-state index is 14.2. The Bertz CT molecular complexity index is 2000. The van der Waals surface area contributed by atoms with Crippen LogP contribution in [0.2, 0.25) is 0 Å². The fourth-order valence-corrected chi connectivity index (χ4v) is 9.34. The molecule has 4 aliphatic heterocycles. The third-order valence-electron chi connectivity index (χ3n) is 12.5. The zero-order valence-corrected chi connectivity index (χ0v) is 36.0. The van der Waals surface area contributed by atoms with Gasteiger partial charge in [0.15, 0.2) is 0 Å². The van der Waals surface area contributed by atoms with Crippen LogP contribution in [-0.4, -0.2) is 140 Å². The number of fused-ring (bicyclic) bond motifs is 1. The Hall–Kier alpha value is -4.50. The van der Waals surface area contributed by atoms with Gasteiger partial charge in [0.1, 0.15) is 16.2 Å². The van der Waals surface area contributed by atoms with Gasteiger partial charge in [-0.2, -0.15) is 0 Å². The normalized spacial score (nSPS) is 19.2. The Labute approximate surface area is 350 Å². The molecule has 13 nitrogen and oxygen atoms in total. The topological polar surface area (TPSA) is 149 Å². The summed E-state index contributed by atoms with van der Waals surface area (Å²) < 4.78 is 31.2. The number of benzene rings is 3. The average Bonchev–Trinajstić information content (AvgIpc) is 3.41. The summed E-state index contributed by atoms with van der Waals surface area (Å²) >= 11 is 0. The lowest BCUT2D eigenvalue weighted by Crippen LogP contribution is -2.59. The van der Waals surface area contributed by atoms with Crippen LogP contribution >= 0.6 is 0 Å². The summed E-state index contributed by atoms with van der Waals surface area (Å²) in [7, 11) is -2.08. The molecule has 3 fully saturated rings. The number of piperazine rings is 1. The largest absolute Gasteiger partial charge is 0.744 e. The van der Waals surface area contributed by atoms with Gasteiger partial charge in [-0.3, -0.25) is 9.69 Å². The van der Waals surface area contributed by atoms with Gasteiger partial charge >= 0.3 is 12.1 Å². The van der Waals surface area contributed by atoms with Crippen molar-refractivity contribution in [2.24, 2.45) is 0 Å². The van der Waals surface area contributed by atoms with Crippen molar-refractivity contribution in [3.63, 3.8) is 0 Å². The lowest BCUT2D eigenvalue weighted by atomic mass is 9.96.